The number of carbonyl (C=O) groups excluding carboxylic acids is 1. The quantitative estimate of drug-likeness (QED) is 0.678. The molecule has 3 aliphatic rings. The third-order valence-corrected chi connectivity index (χ3v) is 7.34. The van der Waals surface area contributed by atoms with E-state index in [0.29, 0.717) is 12.8 Å². The lowest BCUT2D eigenvalue weighted by atomic mass is 9.84. The fourth-order valence-electron chi connectivity index (χ4n) is 5.70. The normalized spacial score (nSPS) is 25.0. The summed E-state index contributed by atoms with van der Waals surface area (Å²) < 4.78 is 0. The molecule has 0 radical (unpaired) electrons. The van der Waals surface area contributed by atoms with Crippen LogP contribution in [0, 0.1) is 0 Å². The first-order valence-electron chi connectivity index (χ1n) is 11.4. The van der Waals surface area contributed by atoms with Crippen LogP contribution in [0.3, 0.4) is 0 Å². The fraction of sp³-hybridized carbons (Fsp3) is 0.640. The van der Waals surface area contributed by atoms with Crippen LogP contribution < -0.4 is 4.90 Å². The number of benzene rings is 1. The van der Waals surface area contributed by atoms with Crippen molar-refractivity contribution in [2.45, 2.75) is 89.1 Å². The van der Waals surface area contributed by atoms with Gasteiger partial charge in [-0.1, -0.05) is 56.9 Å². The zero-order valence-corrected chi connectivity index (χ0v) is 17.6. The number of carbonyl (C=O) groups is 1. The van der Waals surface area contributed by atoms with E-state index in [-0.39, 0.29) is 11.3 Å². The highest BCUT2D eigenvalue weighted by molar-refractivity contribution is 5.88. The molecule has 152 valence electrons. The van der Waals surface area contributed by atoms with E-state index in [1.54, 1.807) is 0 Å². The van der Waals surface area contributed by atoms with Gasteiger partial charge in [-0.3, -0.25) is 4.79 Å². The van der Waals surface area contributed by atoms with Crippen molar-refractivity contribution in [2.75, 3.05) is 18.0 Å². The number of nitrogens with zero attached hydrogens (tertiary/aromatic N) is 2. The standard InChI is InChI=1S/C25H36N2O/c1-20-18-23(28)19-21-10-8-9-13-24(21)27(20)25(2)14-16-26(17-15-25)22-11-6-4-3-5-7-12-22/h8-10,13,22H,1,3-7,11-12,14-19H2,2H3. The van der Waals surface area contributed by atoms with E-state index in [9.17, 15) is 4.79 Å². The second kappa shape index (κ2) is 8.41. The van der Waals surface area contributed by atoms with E-state index >= 15 is 0 Å². The zero-order valence-electron chi connectivity index (χ0n) is 17.6. The van der Waals surface area contributed by atoms with Crippen LogP contribution in [-0.2, 0) is 11.2 Å². The minimum absolute atomic E-state index is 0.0515. The number of ketones is 1. The Balaban J connectivity index is 1.51. The lowest BCUT2D eigenvalue weighted by Crippen LogP contribution is -2.55. The molecule has 0 amide bonds. The maximum absolute atomic E-state index is 12.4. The van der Waals surface area contributed by atoms with Gasteiger partial charge < -0.3 is 9.80 Å². The number of fused-ring (bicyclic) bond motifs is 1. The third-order valence-electron chi connectivity index (χ3n) is 7.34. The Labute approximate surface area is 170 Å². The van der Waals surface area contributed by atoms with E-state index in [0.717, 1.165) is 30.1 Å². The van der Waals surface area contributed by atoms with Crippen LogP contribution in [0.25, 0.3) is 0 Å². The molecular weight excluding hydrogens is 344 g/mol. The van der Waals surface area contributed by atoms with Crippen molar-refractivity contribution in [1.82, 2.24) is 4.90 Å². The summed E-state index contributed by atoms with van der Waals surface area (Å²) in [6.07, 6.45) is 13.1. The van der Waals surface area contributed by atoms with Crippen molar-refractivity contribution in [1.29, 1.82) is 0 Å². The van der Waals surface area contributed by atoms with Gasteiger partial charge in [-0.25, -0.2) is 0 Å². The van der Waals surface area contributed by atoms with Crippen LogP contribution in [0.1, 0.15) is 76.7 Å². The monoisotopic (exact) mass is 380 g/mol. The molecular formula is C25H36N2O. The van der Waals surface area contributed by atoms with Gasteiger partial charge in [0.25, 0.3) is 0 Å². The summed E-state index contributed by atoms with van der Waals surface area (Å²) in [6.45, 7) is 9.07. The summed E-state index contributed by atoms with van der Waals surface area (Å²) in [5.74, 6) is 0.288. The van der Waals surface area contributed by atoms with Crippen LogP contribution in [0.5, 0.6) is 0 Å². The summed E-state index contributed by atoms with van der Waals surface area (Å²) in [5, 5.41) is 0. The Morgan fingerprint density at radius 1 is 0.964 bits per heavy atom. The molecule has 4 rings (SSSR count). The molecule has 2 aliphatic heterocycles. The van der Waals surface area contributed by atoms with Crippen LogP contribution in [0.2, 0.25) is 0 Å². The Morgan fingerprint density at radius 3 is 2.32 bits per heavy atom. The first-order chi connectivity index (χ1) is 13.6. The Hall–Kier alpha value is -1.61. The number of hydrogen-bond acceptors (Lipinski definition) is 3. The number of likely N-dealkylation sites (tertiary alicyclic amines) is 1. The molecule has 3 heteroatoms. The summed E-state index contributed by atoms with van der Waals surface area (Å²) in [4.78, 5) is 17.6. The number of piperidine rings is 1. The van der Waals surface area contributed by atoms with E-state index in [4.69, 9.17) is 0 Å². The fourth-order valence-corrected chi connectivity index (χ4v) is 5.70. The summed E-state index contributed by atoms with van der Waals surface area (Å²) in [5.41, 5.74) is 3.41. The predicted molar refractivity (Wildman–Crippen MR) is 117 cm³/mol. The third kappa shape index (κ3) is 4.05. The zero-order chi connectivity index (χ0) is 19.6. The summed E-state index contributed by atoms with van der Waals surface area (Å²) in [7, 11) is 0. The predicted octanol–water partition coefficient (Wildman–Crippen LogP) is 5.49. The molecule has 3 nitrogen and oxygen atoms in total. The van der Waals surface area contributed by atoms with Gasteiger partial charge in [0.2, 0.25) is 0 Å². The molecule has 0 N–H and O–H groups in total. The molecule has 0 bridgehead atoms. The number of allylic oxidation sites excluding steroid dienone is 1. The lowest BCUT2D eigenvalue weighted by molar-refractivity contribution is -0.117. The summed E-state index contributed by atoms with van der Waals surface area (Å²) >= 11 is 0. The van der Waals surface area contributed by atoms with Crippen molar-refractivity contribution in [3.05, 3.63) is 42.1 Å². The molecule has 0 unspecified atom stereocenters. The maximum Gasteiger partial charge on any atom is 0.143 e. The van der Waals surface area contributed by atoms with Crippen molar-refractivity contribution in [3.63, 3.8) is 0 Å². The van der Waals surface area contributed by atoms with E-state index in [1.165, 1.54) is 63.7 Å². The van der Waals surface area contributed by atoms with Gasteiger partial charge in [-0.15, -0.1) is 0 Å². The second-order valence-electron chi connectivity index (χ2n) is 9.45. The van der Waals surface area contributed by atoms with Crippen molar-refractivity contribution >= 4 is 11.5 Å². The molecule has 1 aliphatic carbocycles. The number of rotatable bonds is 2. The summed E-state index contributed by atoms with van der Waals surface area (Å²) in [6, 6.07) is 9.24. The number of Topliss-reactive ketones (excluding diaryl/α,β-unsaturated/α-hetero) is 1. The van der Waals surface area contributed by atoms with E-state index < -0.39 is 0 Å². The molecule has 0 spiro atoms. The maximum atomic E-state index is 12.4. The van der Waals surface area contributed by atoms with Gasteiger partial charge in [-0.05, 0) is 44.2 Å². The molecule has 0 atom stereocenters. The van der Waals surface area contributed by atoms with Crippen LogP contribution >= 0.6 is 0 Å². The topological polar surface area (TPSA) is 23.6 Å². The highest BCUT2D eigenvalue weighted by atomic mass is 16.1. The van der Waals surface area contributed by atoms with Crippen molar-refractivity contribution < 1.29 is 4.79 Å². The van der Waals surface area contributed by atoms with Crippen molar-refractivity contribution in [2.24, 2.45) is 0 Å². The molecule has 2 fully saturated rings. The molecule has 1 saturated carbocycles. The molecule has 1 aromatic carbocycles. The first-order valence-corrected chi connectivity index (χ1v) is 11.4. The van der Waals surface area contributed by atoms with Crippen LogP contribution in [0.4, 0.5) is 5.69 Å². The highest BCUT2D eigenvalue weighted by Crippen LogP contribution is 2.41. The average Bonchev–Trinajstić information content (AvgIpc) is 2.77. The Bertz CT molecular complexity index is 709. The Kier molecular flexibility index (Phi) is 5.91. The second-order valence-corrected chi connectivity index (χ2v) is 9.45. The van der Waals surface area contributed by atoms with Gasteiger partial charge in [0, 0.05) is 48.9 Å². The van der Waals surface area contributed by atoms with Gasteiger partial charge in [0.05, 0.1) is 0 Å². The van der Waals surface area contributed by atoms with Gasteiger partial charge in [0.1, 0.15) is 5.78 Å². The molecule has 28 heavy (non-hydrogen) atoms. The van der Waals surface area contributed by atoms with Gasteiger partial charge in [-0.2, -0.15) is 0 Å². The molecule has 1 aromatic rings. The average molecular weight is 381 g/mol. The Morgan fingerprint density at radius 2 is 1.61 bits per heavy atom. The minimum atomic E-state index is 0.0515. The molecule has 0 aromatic heterocycles. The van der Waals surface area contributed by atoms with Crippen molar-refractivity contribution in [3.8, 4) is 0 Å². The van der Waals surface area contributed by atoms with E-state index in [1.807, 2.05) is 0 Å². The lowest BCUT2D eigenvalue weighted by Gasteiger charge is -2.50. The van der Waals surface area contributed by atoms with Gasteiger partial charge in [0.15, 0.2) is 0 Å². The van der Waals surface area contributed by atoms with Crippen LogP contribution in [0.15, 0.2) is 36.5 Å². The SMILES string of the molecule is C=C1CC(=O)Cc2ccccc2N1C1(C)CCN(C2CCCCCCC2)CC1. The largest absolute Gasteiger partial charge is 0.339 e. The smallest absolute Gasteiger partial charge is 0.143 e. The highest BCUT2D eigenvalue weighted by Gasteiger charge is 2.40. The van der Waals surface area contributed by atoms with Crippen LogP contribution in [-0.4, -0.2) is 35.4 Å². The molecule has 2 heterocycles. The molecule has 1 saturated heterocycles. The number of hydrogen-bond donors (Lipinski definition) is 0. The minimum Gasteiger partial charge on any atom is -0.339 e. The number of para-hydroxylation sites is 1. The van der Waals surface area contributed by atoms with Gasteiger partial charge >= 0.3 is 0 Å². The number of anilines is 1. The first kappa shape index (κ1) is 19.7. The van der Waals surface area contributed by atoms with E-state index in [2.05, 4.69) is 47.6 Å².